The van der Waals surface area contributed by atoms with Gasteiger partial charge >= 0.3 is 6.03 Å². The van der Waals surface area contributed by atoms with Crippen molar-refractivity contribution in [3.8, 4) is 0 Å². The van der Waals surface area contributed by atoms with Gasteiger partial charge in [-0.05, 0) is 31.9 Å². The van der Waals surface area contributed by atoms with Crippen molar-refractivity contribution in [2.45, 2.75) is 26.3 Å². The molecule has 1 aromatic rings. The Hall–Kier alpha value is -2.04. The highest BCUT2D eigenvalue weighted by atomic mass is 16.2. The molecule has 102 valence electrons. The molecule has 3 amide bonds. The molecular weight excluding hydrogens is 242 g/mol. The summed E-state index contributed by atoms with van der Waals surface area (Å²) in [6.45, 7) is 4.76. The van der Waals surface area contributed by atoms with Gasteiger partial charge in [0.1, 0.15) is 6.04 Å². The zero-order valence-corrected chi connectivity index (χ0v) is 11.3. The number of urea groups is 1. The Morgan fingerprint density at radius 3 is 2.84 bits per heavy atom. The minimum absolute atomic E-state index is 0.0730. The van der Waals surface area contributed by atoms with Crippen LogP contribution < -0.4 is 15.5 Å². The van der Waals surface area contributed by atoms with E-state index in [9.17, 15) is 9.59 Å². The van der Waals surface area contributed by atoms with E-state index < -0.39 is 6.04 Å². The number of amides is 3. The lowest BCUT2D eigenvalue weighted by Crippen LogP contribution is -2.49. The molecule has 2 rings (SSSR count). The van der Waals surface area contributed by atoms with Crippen LogP contribution in [0, 0.1) is 0 Å². The molecule has 0 saturated carbocycles. The normalized spacial score (nSPS) is 14.7. The second-order valence-electron chi connectivity index (χ2n) is 4.59. The SMILES string of the molecule is CCNC(=O)N[C@@H](C)C(=O)N1CCc2ccccc21. The van der Waals surface area contributed by atoms with Gasteiger partial charge in [0.2, 0.25) is 5.91 Å². The van der Waals surface area contributed by atoms with Crippen molar-refractivity contribution in [3.05, 3.63) is 29.8 Å². The van der Waals surface area contributed by atoms with E-state index in [-0.39, 0.29) is 11.9 Å². The van der Waals surface area contributed by atoms with Crippen LogP contribution in [0.15, 0.2) is 24.3 Å². The number of carbonyl (C=O) groups is 2. The fourth-order valence-electron chi connectivity index (χ4n) is 2.27. The first-order valence-electron chi connectivity index (χ1n) is 6.57. The molecule has 0 unspecified atom stereocenters. The summed E-state index contributed by atoms with van der Waals surface area (Å²) in [6, 6.07) is 7.03. The van der Waals surface area contributed by atoms with Crippen LogP contribution in [0.1, 0.15) is 19.4 Å². The second-order valence-corrected chi connectivity index (χ2v) is 4.59. The van der Waals surface area contributed by atoms with Gasteiger partial charge in [0.25, 0.3) is 0 Å². The molecule has 2 N–H and O–H groups in total. The molecule has 0 fully saturated rings. The molecule has 1 aliphatic rings. The second kappa shape index (κ2) is 5.73. The Labute approximate surface area is 113 Å². The van der Waals surface area contributed by atoms with Crippen LogP contribution in [-0.2, 0) is 11.2 Å². The molecule has 0 aliphatic carbocycles. The Morgan fingerprint density at radius 1 is 1.37 bits per heavy atom. The fraction of sp³-hybridized carbons (Fsp3) is 0.429. The maximum Gasteiger partial charge on any atom is 0.315 e. The molecule has 1 aliphatic heterocycles. The minimum Gasteiger partial charge on any atom is -0.338 e. The van der Waals surface area contributed by atoms with E-state index in [2.05, 4.69) is 10.6 Å². The van der Waals surface area contributed by atoms with Crippen LogP contribution in [-0.4, -0.2) is 31.1 Å². The highest BCUT2D eigenvalue weighted by Crippen LogP contribution is 2.27. The van der Waals surface area contributed by atoms with Crippen molar-refractivity contribution in [3.63, 3.8) is 0 Å². The van der Waals surface area contributed by atoms with E-state index in [4.69, 9.17) is 0 Å². The average molecular weight is 261 g/mol. The summed E-state index contributed by atoms with van der Waals surface area (Å²) in [5.74, 6) is -0.0730. The van der Waals surface area contributed by atoms with Crippen LogP contribution in [0.2, 0.25) is 0 Å². The number of hydrogen-bond donors (Lipinski definition) is 2. The number of nitrogens with zero attached hydrogens (tertiary/aromatic N) is 1. The molecule has 0 radical (unpaired) electrons. The topological polar surface area (TPSA) is 61.4 Å². The number of hydrogen-bond acceptors (Lipinski definition) is 2. The quantitative estimate of drug-likeness (QED) is 0.861. The molecule has 19 heavy (non-hydrogen) atoms. The van der Waals surface area contributed by atoms with Gasteiger partial charge in [-0.1, -0.05) is 18.2 Å². The Balaban J connectivity index is 2.03. The summed E-state index contributed by atoms with van der Waals surface area (Å²) in [7, 11) is 0. The summed E-state index contributed by atoms with van der Waals surface area (Å²) in [5, 5.41) is 5.27. The first-order valence-corrected chi connectivity index (χ1v) is 6.57. The van der Waals surface area contributed by atoms with Crippen molar-refractivity contribution < 1.29 is 9.59 Å². The average Bonchev–Trinajstić information content (AvgIpc) is 2.81. The Kier molecular flexibility index (Phi) is 4.04. The largest absolute Gasteiger partial charge is 0.338 e. The molecule has 1 heterocycles. The minimum atomic E-state index is -0.530. The summed E-state index contributed by atoms with van der Waals surface area (Å²) < 4.78 is 0. The summed E-state index contributed by atoms with van der Waals surface area (Å²) in [6.07, 6.45) is 0.871. The number of para-hydroxylation sites is 1. The van der Waals surface area contributed by atoms with Crippen molar-refractivity contribution in [1.29, 1.82) is 0 Å². The number of nitrogens with one attached hydrogen (secondary N) is 2. The van der Waals surface area contributed by atoms with Crippen molar-refractivity contribution in [1.82, 2.24) is 10.6 Å². The van der Waals surface area contributed by atoms with Gasteiger partial charge < -0.3 is 15.5 Å². The van der Waals surface area contributed by atoms with E-state index in [0.717, 1.165) is 12.1 Å². The third-order valence-electron chi connectivity index (χ3n) is 3.21. The number of benzene rings is 1. The van der Waals surface area contributed by atoms with E-state index in [1.54, 1.807) is 11.8 Å². The maximum absolute atomic E-state index is 12.3. The standard InChI is InChI=1S/C14H19N3O2/c1-3-15-14(19)16-10(2)13(18)17-9-8-11-6-4-5-7-12(11)17/h4-7,10H,3,8-9H2,1-2H3,(H2,15,16,19)/t10-/m0/s1. The lowest BCUT2D eigenvalue weighted by atomic mass is 10.2. The zero-order chi connectivity index (χ0) is 13.8. The lowest BCUT2D eigenvalue weighted by molar-refractivity contribution is -0.119. The molecule has 0 saturated heterocycles. The lowest BCUT2D eigenvalue weighted by Gasteiger charge is -2.22. The predicted octanol–water partition coefficient (Wildman–Crippen LogP) is 1.28. The molecule has 5 heteroatoms. The van der Waals surface area contributed by atoms with Crippen LogP contribution >= 0.6 is 0 Å². The van der Waals surface area contributed by atoms with Crippen LogP contribution in [0.25, 0.3) is 0 Å². The van der Waals surface area contributed by atoms with Gasteiger partial charge in [-0.25, -0.2) is 4.79 Å². The summed E-state index contributed by atoms with van der Waals surface area (Å²) in [5.41, 5.74) is 2.14. The van der Waals surface area contributed by atoms with Crippen LogP contribution in [0.4, 0.5) is 10.5 Å². The third-order valence-corrected chi connectivity index (χ3v) is 3.21. The number of carbonyl (C=O) groups excluding carboxylic acids is 2. The molecule has 1 aromatic carbocycles. The van der Waals surface area contributed by atoms with Gasteiger partial charge in [0.05, 0.1) is 0 Å². The number of rotatable bonds is 3. The van der Waals surface area contributed by atoms with Crippen molar-refractivity contribution >= 4 is 17.6 Å². The van der Waals surface area contributed by atoms with Crippen LogP contribution in [0.3, 0.4) is 0 Å². The number of fused-ring (bicyclic) bond motifs is 1. The molecule has 0 aromatic heterocycles. The molecular formula is C14H19N3O2. The highest BCUT2D eigenvalue weighted by molar-refractivity contribution is 6.00. The first kappa shape index (κ1) is 13.4. The van der Waals surface area contributed by atoms with E-state index in [1.165, 1.54) is 5.56 Å². The molecule has 0 bridgehead atoms. The Bertz CT molecular complexity index is 487. The van der Waals surface area contributed by atoms with Gasteiger partial charge in [-0.15, -0.1) is 0 Å². The molecule has 0 spiro atoms. The zero-order valence-electron chi connectivity index (χ0n) is 11.3. The molecule has 1 atom stereocenters. The fourth-order valence-corrected chi connectivity index (χ4v) is 2.27. The summed E-state index contributed by atoms with van der Waals surface area (Å²) in [4.78, 5) is 25.5. The smallest absolute Gasteiger partial charge is 0.315 e. The van der Waals surface area contributed by atoms with Gasteiger partial charge in [-0.2, -0.15) is 0 Å². The van der Waals surface area contributed by atoms with E-state index in [1.807, 2.05) is 31.2 Å². The third kappa shape index (κ3) is 2.86. The van der Waals surface area contributed by atoms with Gasteiger partial charge in [0, 0.05) is 18.8 Å². The highest BCUT2D eigenvalue weighted by Gasteiger charge is 2.28. The predicted molar refractivity (Wildman–Crippen MR) is 74.2 cm³/mol. The monoisotopic (exact) mass is 261 g/mol. The van der Waals surface area contributed by atoms with Crippen molar-refractivity contribution in [2.24, 2.45) is 0 Å². The first-order chi connectivity index (χ1) is 9.13. The Morgan fingerprint density at radius 2 is 2.11 bits per heavy atom. The molecule has 5 nitrogen and oxygen atoms in total. The maximum atomic E-state index is 12.3. The number of anilines is 1. The van der Waals surface area contributed by atoms with E-state index in [0.29, 0.717) is 13.1 Å². The summed E-state index contributed by atoms with van der Waals surface area (Å²) >= 11 is 0. The van der Waals surface area contributed by atoms with Crippen LogP contribution in [0.5, 0.6) is 0 Å². The van der Waals surface area contributed by atoms with Gasteiger partial charge in [-0.3, -0.25) is 4.79 Å². The van der Waals surface area contributed by atoms with Gasteiger partial charge in [0.15, 0.2) is 0 Å². The van der Waals surface area contributed by atoms with E-state index >= 15 is 0 Å². The van der Waals surface area contributed by atoms with Crippen molar-refractivity contribution in [2.75, 3.05) is 18.0 Å².